The topological polar surface area (TPSA) is 58.6 Å². The van der Waals surface area contributed by atoms with E-state index in [1.54, 1.807) is 36.4 Å². The van der Waals surface area contributed by atoms with E-state index in [2.05, 4.69) is 17.4 Å². The SMILES string of the molecule is O=C(Nc1cccc(C(=O)N2CCCCCC2)c1)c1ccc(OCCc2ccccc2)cc1. The lowest BCUT2D eigenvalue weighted by molar-refractivity contribution is 0.0761. The number of carbonyl (C=O) groups is 2. The molecule has 0 aromatic heterocycles. The summed E-state index contributed by atoms with van der Waals surface area (Å²) < 4.78 is 5.80. The molecular weight excluding hydrogens is 412 g/mol. The van der Waals surface area contributed by atoms with E-state index in [1.807, 2.05) is 35.2 Å². The molecule has 170 valence electrons. The molecular formula is C28H30N2O3. The molecule has 3 aromatic rings. The summed E-state index contributed by atoms with van der Waals surface area (Å²) in [6, 6.07) is 24.5. The van der Waals surface area contributed by atoms with Gasteiger partial charge in [0, 0.05) is 36.3 Å². The first kappa shape index (κ1) is 22.6. The fraction of sp³-hybridized carbons (Fsp3) is 0.286. The molecule has 1 aliphatic heterocycles. The van der Waals surface area contributed by atoms with Crippen molar-refractivity contribution in [2.24, 2.45) is 0 Å². The molecule has 5 heteroatoms. The smallest absolute Gasteiger partial charge is 0.255 e. The highest BCUT2D eigenvalue weighted by molar-refractivity contribution is 6.05. The van der Waals surface area contributed by atoms with E-state index in [4.69, 9.17) is 4.74 Å². The number of carbonyl (C=O) groups excluding carboxylic acids is 2. The number of likely N-dealkylation sites (tertiary alicyclic amines) is 1. The van der Waals surface area contributed by atoms with Gasteiger partial charge in [0.1, 0.15) is 5.75 Å². The Labute approximate surface area is 195 Å². The number of nitrogens with zero attached hydrogens (tertiary/aromatic N) is 1. The van der Waals surface area contributed by atoms with Crippen molar-refractivity contribution in [3.05, 3.63) is 95.6 Å². The number of nitrogens with one attached hydrogen (secondary N) is 1. The van der Waals surface area contributed by atoms with Crippen LogP contribution < -0.4 is 10.1 Å². The van der Waals surface area contributed by atoms with Crippen LogP contribution in [-0.2, 0) is 6.42 Å². The van der Waals surface area contributed by atoms with Crippen LogP contribution in [0.2, 0.25) is 0 Å². The fourth-order valence-electron chi connectivity index (χ4n) is 4.02. The van der Waals surface area contributed by atoms with Gasteiger partial charge in [0.2, 0.25) is 0 Å². The largest absolute Gasteiger partial charge is 0.493 e. The summed E-state index contributed by atoms with van der Waals surface area (Å²) in [5, 5.41) is 2.90. The summed E-state index contributed by atoms with van der Waals surface area (Å²) in [5.74, 6) is 0.544. The van der Waals surface area contributed by atoms with Gasteiger partial charge in [-0.05, 0) is 60.9 Å². The van der Waals surface area contributed by atoms with Gasteiger partial charge in [0.15, 0.2) is 0 Å². The Morgan fingerprint density at radius 3 is 2.24 bits per heavy atom. The Balaban J connectivity index is 1.32. The Bertz CT molecular complexity index is 1060. The van der Waals surface area contributed by atoms with Gasteiger partial charge in [-0.1, -0.05) is 49.2 Å². The first-order valence-corrected chi connectivity index (χ1v) is 11.7. The Morgan fingerprint density at radius 2 is 1.52 bits per heavy atom. The quantitative estimate of drug-likeness (QED) is 0.520. The number of rotatable bonds is 7. The second kappa shape index (κ2) is 11.3. The van der Waals surface area contributed by atoms with Gasteiger partial charge in [0.05, 0.1) is 6.61 Å². The van der Waals surface area contributed by atoms with Crippen LogP contribution in [0.1, 0.15) is 52.0 Å². The fourth-order valence-corrected chi connectivity index (χ4v) is 4.02. The van der Waals surface area contributed by atoms with E-state index in [1.165, 1.54) is 18.4 Å². The van der Waals surface area contributed by atoms with Crippen molar-refractivity contribution in [2.75, 3.05) is 25.0 Å². The van der Waals surface area contributed by atoms with Crippen LogP contribution in [0.3, 0.4) is 0 Å². The van der Waals surface area contributed by atoms with Gasteiger partial charge in [-0.25, -0.2) is 0 Å². The molecule has 1 saturated heterocycles. The average Bonchev–Trinajstić information content (AvgIpc) is 3.14. The number of hydrogen-bond acceptors (Lipinski definition) is 3. The zero-order valence-corrected chi connectivity index (χ0v) is 18.8. The zero-order chi connectivity index (χ0) is 22.9. The lowest BCUT2D eigenvalue weighted by Gasteiger charge is -2.20. The van der Waals surface area contributed by atoms with E-state index in [-0.39, 0.29) is 11.8 Å². The Morgan fingerprint density at radius 1 is 0.788 bits per heavy atom. The van der Waals surface area contributed by atoms with Gasteiger partial charge in [-0.2, -0.15) is 0 Å². The van der Waals surface area contributed by atoms with Crippen LogP contribution in [0.15, 0.2) is 78.9 Å². The molecule has 1 fully saturated rings. The van der Waals surface area contributed by atoms with Crippen molar-refractivity contribution in [1.29, 1.82) is 0 Å². The van der Waals surface area contributed by atoms with E-state index in [0.29, 0.717) is 23.4 Å². The lowest BCUT2D eigenvalue weighted by Crippen LogP contribution is -2.31. The maximum Gasteiger partial charge on any atom is 0.255 e. The van der Waals surface area contributed by atoms with Gasteiger partial charge in [-0.15, -0.1) is 0 Å². The van der Waals surface area contributed by atoms with Crippen LogP contribution in [0.25, 0.3) is 0 Å². The van der Waals surface area contributed by atoms with Crippen molar-refractivity contribution >= 4 is 17.5 Å². The van der Waals surface area contributed by atoms with Crippen molar-refractivity contribution in [2.45, 2.75) is 32.1 Å². The Hall–Kier alpha value is -3.60. The maximum atomic E-state index is 12.9. The van der Waals surface area contributed by atoms with E-state index in [0.717, 1.165) is 38.1 Å². The molecule has 0 radical (unpaired) electrons. The lowest BCUT2D eigenvalue weighted by atomic mass is 10.1. The minimum atomic E-state index is -0.217. The summed E-state index contributed by atoms with van der Waals surface area (Å²) in [6.45, 7) is 2.18. The third kappa shape index (κ3) is 6.45. The summed E-state index contributed by atoms with van der Waals surface area (Å²) >= 11 is 0. The zero-order valence-electron chi connectivity index (χ0n) is 18.8. The minimum Gasteiger partial charge on any atom is -0.493 e. The highest BCUT2D eigenvalue weighted by Gasteiger charge is 2.18. The molecule has 2 amide bonds. The van der Waals surface area contributed by atoms with E-state index in [9.17, 15) is 9.59 Å². The molecule has 0 unspecified atom stereocenters. The van der Waals surface area contributed by atoms with Crippen LogP contribution in [0, 0.1) is 0 Å². The molecule has 5 nitrogen and oxygen atoms in total. The highest BCUT2D eigenvalue weighted by Crippen LogP contribution is 2.18. The molecule has 4 rings (SSSR count). The number of hydrogen-bond donors (Lipinski definition) is 1. The number of ether oxygens (including phenoxy) is 1. The second-order valence-corrected chi connectivity index (χ2v) is 8.35. The minimum absolute atomic E-state index is 0.0324. The number of anilines is 1. The normalized spacial score (nSPS) is 13.8. The third-order valence-electron chi connectivity index (χ3n) is 5.88. The molecule has 3 aromatic carbocycles. The van der Waals surface area contributed by atoms with E-state index < -0.39 is 0 Å². The summed E-state index contributed by atoms with van der Waals surface area (Å²) in [5.41, 5.74) is 2.99. The maximum absolute atomic E-state index is 12.9. The van der Waals surface area contributed by atoms with Gasteiger partial charge < -0.3 is 15.0 Å². The van der Waals surface area contributed by atoms with Crippen LogP contribution in [-0.4, -0.2) is 36.4 Å². The predicted molar refractivity (Wildman–Crippen MR) is 131 cm³/mol. The number of benzene rings is 3. The molecule has 0 spiro atoms. The van der Waals surface area contributed by atoms with Crippen molar-refractivity contribution in [3.63, 3.8) is 0 Å². The van der Waals surface area contributed by atoms with Gasteiger partial charge in [0.25, 0.3) is 11.8 Å². The summed E-state index contributed by atoms with van der Waals surface area (Å²) in [4.78, 5) is 27.5. The van der Waals surface area contributed by atoms with Crippen LogP contribution in [0.5, 0.6) is 5.75 Å². The molecule has 0 aliphatic carbocycles. The highest BCUT2D eigenvalue weighted by atomic mass is 16.5. The molecule has 0 bridgehead atoms. The summed E-state index contributed by atoms with van der Waals surface area (Å²) in [6.07, 6.45) is 5.28. The van der Waals surface area contributed by atoms with Crippen molar-refractivity contribution in [3.8, 4) is 5.75 Å². The third-order valence-corrected chi connectivity index (χ3v) is 5.88. The average molecular weight is 443 g/mol. The van der Waals surface area contributed by atoms with Crippen molar-refractivity contribution in [1.82, 2.24) is 4.90 Å². The molecule has 0 atom stereocenters. The molecule has 1 N–H and O–H groups in total. The summed E-state index contributed by atoms with van der Waals surface area (Å²) in [7, 11) is 0. The Kier molecular flexibility index (Phi) is 7.75. The first-order chi connectivity index (χ1) is 16.2. The molecule has 1 aliphatic rings. The molecule has 1 heterocycles. The van der Waals surface area contributed by atoms with E-state index >= 15 is 0 Å². The van der Waals surface area contributed by atoms with Gasteiger partial charge in [-0.3, -0.25) is 9.59 Å². The van der Waals surface area contributed by atoms with Crippen LogP contribution >= 0.6 is 0 Å². The first-order valence-electron chi connectivity index (χ1n) is 11.7. The number of amides is 2. The predicted octanol–water partition coefficient (Wildman–Crippen LogP) is 5.58. The second-order valence-electron chi connectivity index (χ2n) is 8.35. The molecule has 0 saturated carbocycles. The monoisotopic (exact) mass is 442 g/mol. The van der Waals surface area contributed by atoms with Crippen LogP contribution in [0.4, 0.5) is 5.69 Å². The standard InChI is InChI=1S/C28H30N2O3/c31-27(23-13-15-26(16-14-23)33-20-17-22-9-4-3-5-10-22)29-25-12-8-11-24(21-25)28(32)30-18-6-1-2-7-19-30/h3-5,8-16,21H,1-2,6-7,17-20H2,(H,29,31). The molecule has 33 heavy (non-hydrogen) atoms. The van der Waals surface area contributed by atoms with Crippen molar-refractivity contribution < 1.29 is 14.3 Å². The van der Waals surface area contributed by atoms with Gasteiger partial charge >= 0.3 is 0 Å².